The third-order valence-electron chi connectivity index (χ3n) is 3.93. The summed E-state index contributed by atoms with van der Waals surface area (Å²) >= 11 is 0. The lowest BCUT2D eigenvalue weighted by Gasteiger charge is -2.31. The number of anilines is 1. The average molecular weight is 289 g/mol. The highest BCUT2D eigenvalue weighted by Gasteiger charge is 2.30. The first-order valence-corrected chi connectivity index (χ1v) is 7.03. The van der Waals surface area contributed by atoms with Crippen molar-refractivity contribution in [2.75, 3.05) is 25.5 Å². The molecule has 0 spiro atoms. The molecule has 0 bridgehead atoms. The van der Waals surface area contributed by atoms with Crippen molar-refractivity contribution in [2.24, 2.45) is 0 Å². The zero-order valence-corrected chi connectivity index (χ0v) is 11.7. The Morgan fingerprint density at radius 2 is 2.19 bits per heavy atom. The van der Waals surface area contributed by atoms with Crippen LogP contribution >= 0.6 is 0 Å². The number of carbonyl (C=O) groups excluding carboxylic acids is 1. The number of hydrogen-bond donors (Lipinski definition) is 4. The number of carbonyl (C=O) groups is 1. The lowest BCUT2D eigenvalue weighted by Crippen LogP contribution is -2.46. The van der Waals surface area contributed by atoms with Crippen LogP contribution in [0.5, 0.6) is 0 Å². The van der Waals surface area contributed by atoms with Gasteiger partial charge in [-0.05, 0) is 12.1 Å². The van der Waals surface area contributed by atoms with Crippen molar-refractivity contribution in [1.29, 1.82) is 0 Å². The van der Waals surface area contributed by atoms with E-state index in [1.807, 2.05) is 12.1 Å². The Kier molecular flexibility index (Phi) is 3.57. The Hall–Kier alpha value is -2.05. The maximum absolute atomic E-state index is 12.2. The van der Waals surface area contributed by atoms with E-state index in [0.29, 0.717) is 37.4 Å². The van der Waals surface area contributed by atoms with Crippen molar-refractivity contribution in [3.8, 4) is 0 Å². The van der Waals surface area contributed by atoms with Crippen LogP contribution in [-0.4, -0.2) is 41.4 Å². The molecule has 1 fully saturated rings. The molecular formula is C15H19N3O3. The minimum atomic E-state index is -0.876. The summed E-state index contributed by atoms with van der Waals surface area (Å²) in [6.07, 6.45) is 1.07. The first-order valence-electron chi connectivity index (χ1n) is 7.03. The smallest absolute Gasteiger partial charge is 0.267 e. The van der Waals surface area contributed by atoms with Gasteiger partial charge in [-0.2, -0.15) is 0 Å². The second-order valence-corrected chi connectivity index (χ2v) is 5.51. The zero-order valence-electron chi connectivity index (χ0n) is 11.7. The molecule has 5 N–H and O–H groups in total. The van der Waals surface area contributed by atoms with Gasteiger partial charge in [0, 0.05) is 38.0 Å². The highest BCUT2D eigenvalue weighted by molar-refractivity contribution is 6.00. The summed E-state index contributed by atoms with van der Waals surface area (Å²) in [5, 5.41) is 14.0. The van der Waals surface area contributed by atoms with Crippen molar-refractivity contribution in [3.63, 3.8) is 0 Å². The second kappa shape index (κ2) is 5.38. The van der Waals surface area contributed by atoms with Crippen LogP contribution in [0.3, 0.4) is 0 Å². The molecule has 0 saturated carbocycles. The van der Waals surface area contributed by atoms with Gasteiger partial charge in [0.15, 0.2) is 0 Å². The van der Waals surface area contributed by atoms with Gasteiger partial charge in [0.05, 0.1) is 16.8 Å². The third kappa shape index (κ3) is 2.86. The molecule has 1 aliphatic heterocycles. The number of nitrogens with two attached hydrogens (primary N) is 1. The van der Waals surface area contributed by atoms with E-state index in [4.69, 9.17) is 10.5 Å². The van der Waals surface area contributed by atoms with Gasteiger partial charge in [0.25, 0.3) is 5.91 Å². The number of nitrogens with one attached hydrogen (secondary N) is 2. The number of hydrogen-bond acceptors (Lipinski definition) is 4. The molecule has 0 atom stereocenters. The van der Waals surface area contributed by atoms with Crippen LogP contribution in [0, 0.1) is 0 Å². The molecule has 2 aromatic rings. The standard InChI is InChI=1S/C15H19N3O3/c16-11-3-1-2-10-8-12(18-13(10)11)14(19)17-9-15(20)4-6-21-7-5-15/h1-3,8,18,20H,4-7,9,16H2,(H,17,19). The van der Waals surface area contributed by atoms with Gasteiger partial charge in [0.1, 0.15) is 5.69 Å². The molecule has 6 heteroatoms. The first-order chi connectivity index (χ1) is 10.1. The number of fused-ring (bicyclic) bond motifs is 1. The number of ether oxygens (including phenoxy) is 1. The second-order valence-electron chi connectivity index (χ2n) is 5.51. The zero-order chi connectivity index (χ0) is 14.9. The molecule has 1 amide bonds. The van der Waals surface area contributed by atoms with Crippen LogP contribution < -0.4 is 11.1 Å². The van der Waals surface area contributed by atoms with Crippen LogP contribution in [0.2, 0.25) is 0 Å². The molecule has 0 unspecified atom stereocenters. The number of H-pyrrole nitrogens is 1. The number of amides is 1. The summed E-state index contributed by atoms with van der Waals surface area (Å²) in [7, 11) is 0. The van der Waals surface area contributed by atoms with Crippen LogP contribution in [-0.2, 0) is 4.74 Å². The molecule has 2 heterocycles. The normalized spacial score (nSPS) is 17.8. The summed E-state index contributed by atoms with van der Waals surface area (Å²) in [5.41, 5.74) is 6.79. The van der Waals surface area contributed by atoms with Crippen molar-refractivity contribution >= 4 is 22.5 Å². The molecule has 112 valence electrons. The number of para-hydroxylation sites is 1. The summed E-state index contributed by atoms with van der Waals surface area (Å²) in [6, 6.07) is 7.28. The SMILES string of the molecule is Nc1cccc2cc(C(=O)NCC3(O)CCOCC3)[nH]c12. The van der Waals surface area contributed by atoms with E-state index in [1.165, 1.54) is 0 Å². The molecule has 1 saturated heterocycles. The van der Waals surface area contributed by atoms with E-state index in [-0.39, 0.29) is 12.5 Å². The number of benzene rings is 1. The predicted octanol–water partition coefficient (Wildman–Crippen LogP) is 1.02. The lowest BCUT2D eigenvalue weighted by molar-refractivity contribution is -0.0605. The molecule has 1 aromatic carbocycles. The fraction of sp³-hybridized carbons (Fsp3) is 0.400. The monoisotopic (exact) mass is 289 g/mol. The molecular weight excluding hydrogens is 270 g/mol. The van der Waals surface area contributed by atoms with Crippen molar-refractivity contribution in [1.82, 2.24) is 10.3 Å². The van der Waals surface area contributed by atoms with Crippen molar-refractivity contribution in [3.05, 3.63) is 30.0 Å². The number of aromatic nitrogens is 1. The maximum atomic E-state index is 12.2. The predicted molar refractivity (Wildman–Crippen MR) is 80.0 cm³/mol. The van der Waals surface area contributed by atoms with Crippen LogP contribution in [0.25, 0.3) is 10.9 Å². The van der Waals surface area contributed by atoms with Gasteiger partial charge < -0.3 is 25.9 Å². The maximum Gasteiger partial charge on any atom is 0.267 e. The first kappa shape index (κ1) is 13.9. The number of rotatable bonds is 3. The summed E-state index contributed by atoms with van der Waals surface area (Å²) in [6.45, 7) is 1.27. The molecule has 1 aromatic heterocycles. The Balaban J connectivity index is 1.70. The minimum absolute atomic E-state index is 0.222. The quantitative estimate of drug-likeness (QED) is 0.634. The Labute approximate surface area is 122 Å². The van der Waals surface area contributed by atoms with Crippen LogP contribution in [0.4, 0.5) is 5.69 Å². The number of aromatic amines is 1. The topological polar surface area (TPSA) is 100 Å². The van der Waals surface area contributed by atoms with E-state index in [2.05, 4.69) is 10.3 Å². The molecule has 6 nitrogen and oxygen atoms in total. The van der Waals surface area contributed by atoms with Gasteiger partial charge in [0.2, 0.25) is 0 Å². The largest absolute Gasteiger partial charge is 0.397 e. The highest BCUT2D eigenvalue weighted by atomic mass is 16.5. The van der Waals surface area contributed by atoms with Gasteiger partial charge in [-0.15, -0.1) is 0 Å². The Morgan fingerprint density at radius 3 is 2.90 bits per heavy atom. The summed E-state index contributed by atoms with van der Waals surface area (Å²) in [5.74, 6) is -0.245. The molecule has 3 rings (SSSR count). The third-order valence-corrected chi connectivity index (χ3v) is 3.93. The summed E-state index contributed by atoms with van der Waals surface area (Å²) in [4.78, 5) is 15.2. The van der Waals surface area contributed by atoms with Crippen molar-refractivity contribution < 1.29 is 14.6 Å². The van der Waals surface area contributed by atoms with Crippen LogP contribution in [0.1, 0.15) is 23.3 Å². The van der Waals surface area contributed by atoms with E-state index < -0.39 is 5.60 Å². The van der Waals surface area contributed by atoms with Gasteiger partial charge in [-0.25, -0.2) is 0 Å². The van der Waals surface area contributed by atoms with E-state index in [9.17, 15) is 9.90 Å². The van der Waals surface area contributed by atoms with Gasteiger partial charge in [-0.1, -0.05) is 12.1 Å². The Morgan fingerprint density at radius 1 is 1.43 bits per heavy atom. The van der Waals surface area contributed by atoms with E-state index in [1.54, 1.807) is 12.1 Å². The number of aliphatic hydroxyl groups is 1. The molecule has 0 radical (unpaired) electrons. The minimum Gasteiger partial charge on any atom is -0.397 e. The highest BCUT2D eigenvalue weighted by Crippen LogP contribution is 2.22. The fourth-order valence-corrected chi connectivity index (χ4v) is 2.57. The number of nitrogen functional groups attached to an aromatic ring is 1. The van der Waals surface area contributed by atoms with E-state index in [0.717, 1.165) is 10.9 Å². The fourth-order valence-electron chi connectivity index (χ4n) is 2.57. The van der Waals surface area contributed by atoms with Gasteiger partial charge in [-0.3, -0.25) is 4.79 Å². The Bertz CT molecular complexity index is 659. The molecule has 21 heavy (non-hydrogen) atoms. The lowest BCUT2D eigenvalue weighted by atomic mass is 9.94. The molecule has 0 aliphatic carbocycles. The average Bonchev–Trinajstić information content (AvgIpc) is 2.91. The van der Waals surface area contributed by atoms with Crippen molar-refractivity contribution in [2.45, 2.75) is 18.4 Å². The summed E-state index contributed by atoms with van der Waals surface area (Å²) < 4.78 is 5.22. The molecule has 1 aliphatic rings. The van der Waals surface area contributed by atoms with E-state index >= 15 is 0 Å². The van der Waals surface area contributed by atoms with Crippen LogP contribution in [0.15, 0.2) is 24.3 Å². The van der Waals surface area contributed by atoms with Gasteiger partial charge >= 0.3 is 0 Å².